The maximum atomic E-state index is 12.0. The van der Waals surface area contributed by atoms with E-state index < -0.39 is 23.4 Å². The number of aliphatic carboxylic acids is 1. The van der Waals surface area contributed by atoms with Gasteiger partial charge in [0.2, 0.25) is 5.91 Å². The molecule has 1 saturated carbocycles. The molecular formula is C16H23N3O5. The summed E-state index contributed by atoms with van der Waals surface area (Å²) in [5.41, 5.74) is -1.22. The fourth-order valence-corrected chi connectivity index (χ4v) is 2.84. The van der Waals surface area contributed by atoms with Crippen LogP contribution in [0.4, 0.5) is 4.79 Å². The van der Waals surface area contributed by atoms with Gasteiger partial charge in [-0.15, -0.1) is 0 Å². The molecule has 1 aliphatic rings. The van der Waals surface area contributed by atoms with Crippen LogP contribution in [0.2, 0.25) is 0 Å². The summed E-state index contributed by atoms with van der Waals surface area (Å²) in [5.74, 6) is -0.926. The van der Waals surface area contributed by atoms with Crippen LogP contribution >= 0.6 is 0 Å². The maximum Gasteiger partial charge on any atom is 0.329 e. The lowest BCUT2D eigenvalue weighted by atomic mass is 9.90. The zero-order chi connectivity index (χ0) is 17.4. The molecule has 0 bridgehead atoms. The molecule has 8 nitrogen and oxygen atoms in total. The first-order chi connectivity index (χ1) is 11.5. The number of carbonyl (C=O) groups excluding carboxylic acids is 2. The van der Waals surface area contributed by atoms with Crippen LogP contribution in [0.5, 0.6) is 0 Å². The number of carbonyl (C=O) groups is 3. The average Bonchev–Trinajstić information content (AvgIpc) is 2.96. The van der Waals surface area contributed by atoms with E-state index in [4.69, 9.17) is 4.42 Å². The number of urea groups is 1. The lowest BCUT2D eigenvalue weighted by Crippen LogP contribution is -2.56. The van der Waals surface area contributed by atoms with E-state index in [1.165, 1.54) is 6.26 Å². The van der Waals surface area contributed by atoms with E-state index in [1.807, 2.05) is 0 Å². The maximum absolute atomic E-state index is 12.0. The Morgan fingerprint density at radius 3 is 2.42 bits per heavy atom. The summed E-state index contributed by atoms with van der Waals surface area (Å²) in [7, 11) is 0. The number of amides is 3. The van der Waals surface area contributed by atoms with E-state index >= 15 is 0 Å². The number of hydrogen-bond acceptors (Lipinski definition) is 4. The number of carboxylic acid groups (broad SMARTS) is 1. The van der Waals surface area contributed by atoms with Crippen LogP contribution < -0.4 is 16.0 Å². The van der Waals surface area contributed by atoms with Gasteiger partial charge in [0.25, 0.3) is 0 Å². The minimum atomic E-state index is -1.22. The quantitative estimate of drug-likeness (QED) is 0.584. The van der Waals surface area contributed by atoms with Crippen molar-refractivity contribution in [3.8, 4) is 0 Å². The molecule has 0 atom stereocenters. The molecule has 1 heterocycles. The summed E-state index contributed by atoms with van der Waals surface area (Å²) < 4.78 is 5.07. The van der Waals surface area contributed by atoms with Crippen molar-refractivity contribution >= 4 is 17.9 Å². The minimum absolute atomic E-state index is 0.208. The van der Waals surface area contributed by atoms with Gasteiger partial charge in [-0.2, -0.15) is 0 Å². The van der Waals surface area contributed by atoms with E-state index in [1.54, 1.807) is 12.1 Å². The van der Waals surface area contributed by atoms with Crippen molar-refractivity contribution in [2.24, 2.45) is 0 Å². The number of rotatable bonds is 6. The predicted molar refractivity (Wildman–Crippen MR) is 85.2 cm³/mol. The fraction of sp³-hybridized carbons (Fsp3) is 0.562. The summed E-state index contributed by atoms with van der Waals surface area (Å²) in [5, 5.41) is 17.1. The highest BCUT2D eigenvalue weighted by molar-refractivity contribution is 5.89. The molecule has 3 amide bonds. The van der Waals surface area contributed by atoms with Crippen LogP contribution in [0.15, 0.2) is 22.8 Å². The van der Waals surface area contributed by atoms with Crippen molar-refractivity contribution in [1.82, 2.24) is 16.0 Å². The largest absolute Gasteiger partial charge is 0.480 e. The third-order valence-corrected chi connectivity index (χ3v) is 4.16. The standard InChI is InChI=1S/C16H23N3O5/c20-13(11-18-15(23)17-10-12-6-5-9-24-12)19-16(14(21)22)7-3-1-2-4-8-16/h5-6,9H,1-4,7-8,10-11H2,(H,19,20)(H,21,22)(H2,17,18,23). The number of hydrogen-bond donors (Lipinski definition) is 4. The van der Waals surface area contributed by atoms with Gasteiger partial charge in [-0.1, -0.05) is 25.7 Å². The first-order valence-corrected chi connectivity index (χ1v) is 8.10. The smallest absolute Gasteiger partial charge is 0.329 e. The molecule has 0 unspecified atom stereocenters. The summed E-state index contributed by atoms with van der Waals surface area (Å²) in [4.78, 5) is 35.3. The van der Waals surface area contributed by atoms with Gasteiger partial charge in [0.05, 0.1) is 19.4 Å². The minimum Gasteiger partial charge on any atom is -0.480 e. The first kappa shape index (κ1) is 17.8. The molecular weight excluding hydrogens is 314 g/mol. The predicted octanol–water partition coefficient (Wildman–Crippen LogP) is 1.37. The van der Waals surface area contributed by atoms with E-state index in [2.05, 4.69) is 16.0 Å². The van der Waals surface area contributed by atoms with Crippen LogP contribution in [0, 0.1) is 0 Å². The monoisotopic (exact) mass is 337 g/mol. The second kappa shape index (κ2) is 8.37. The van der Waals surface area contributed by atoms with Crippen LogP contribution in [-0.4, -0.2) is 35.1 Å². The van der Waals surface area contributed by atoms with Crippen LogP contribution in [0.1, 0.15) is 44.3 Å². The average molecular weight is 337 g/mol. The molecule has 0 spiro atoms. The van der Waals surface area contributed by atoms with Crippen molar-refractivity contribution in [2.45, 2.75) is 50.6 Å². The van der Waals surface area contributed by atoms with Gasteiger partial charge in [-0.25, -0.2) is 9.59 Å². The summed E-state index contributed by atoms with van der Waals surface area (Å²) in [6.07, 6.45) is 5.81. The molecule has 24 heavy (non-hydrogen) atoms. The lowest BCUT2D eigenvalue weighted by molar-refractivity contribution is -0.148. The molecule has 0 saturated heterocycles. The molecule has 0 radical (unpaired) electrons. The zero-order valence-electron chi connectivity index (χ0n) is 13.5. The number of furan rings is 1. The van der Waals surface area contributed by atoms with Gasteiger partial charge in [0.1, 0.15) is 11.3 Å². The second-order valence-corrected chi connectivity index (χ2v) is 5.97. The van der Waals surface area contributed by atoms with Gasteiger partial charge >= 0.3 is 12.0 Å². The van der Waals surface area contributed by atoms with E-state index in [0.29, 0.717) is 18.6 Å². The second-order valence-electron chi connectivity index (χ2n) is 5.97. The van der Waals surface area contributed by atoms with Crippen molar-refractivity contribution < 1.29 is 23.9 Å². The molecule has 1 aliphatic carbocycles. The van der Waals surface area contributed by atoms with Crippen molar-refractivity contribution in [3.05, 3.63) is 24.2 Å². The zero-order valence-corrected chi connectivity index (χ0v) is 13.5. The molecule has 132 valence electrons. The molecule has 1 aromatic heterocycles. The summed E-state index contributed by atoms with van der Waals surface area (Å²) >= 11 is 0. The Labute approximate surface area is 140 Å². The van der Waals surface area contributed by atoms with E-state index in [-0.39, 0.29) is 13.1 Å². The highest BCUT2D eigenvalue weighted by Gasteiger charge is 2.39. The highest BCUT2D eigenvalue weighted by atomic mass is 16.4. The third kappa shape index (κ3) is 5.00. The van der Waals surface area contributed by atoms with Crippen molar-refractivity contribution in [3.63, 3.8) is 0 Å². The highest BCUT2D eigenvalue weighted by Crippen LogP contribution is 2.27. The lowest BCUT2D eigenvalue weighted by Gasteiger charge is -2.29. The van der Waals surface area contributed by atoms with Gasteiger partial charge < -0.3 is 25.5 Å². The fourth-order valence-electron chi connectivity index (χ4n) is 2.84. The molecule has 2 rings (SSSR count). The van der Waals surface area contributed by atoms with E-state index in [0.717, 1.165) is 25.7 Å². The number of carboxylic acids is 1. The first-order valence-electron chi connectivity index (χ1n) is 8.10. The molecule has 0 aliphatic heterocycles. The van der Waals surface area contributed by atoms with Gasteiger partial charge in [0.15, 0.2) is 0 Å². The van der Waals surface area contributed by atoms with Crippen molar-refractivity contribution in [2.75, 3.05) is 6.54 Å². The SMILES string of the molecule is O=C(CNC(=O)NCc1ccco1)NC1(C(=O)O)CCCCCC1. The molecule has 1 aromatic rings. The van der Waals surface area contributed by atoms with Gasteiger partial charge in [0, 0.05) is 0 Å². The normalized spacial score (nSPS) is 16.7. The number of nitrogens with one attached hydrogen (secondary N) is 3. The Bertz CT molecular complexity index is 562. The summed E-state index contributed by atoms with van der Waals surface area (Å²) in [6, 6.07) is 2.91. The Morgan fingerprint density at radius 2 is 1.83 bits per heavy atom. The Balaban J connectivity index is 1.78. The van der Waals surface area contributed by atoms with Gasteiger partial charge in [-0.05, 0) is 25.0 Å². The Kier molecular flexibility index (Phi) is 6.22. The van der Waals surface area contributed by atoms with E-state index in [9.17, 15) is 19.5 Å². The summed E-state index contributed by atoms with van der Waals surface area (Å²) in [6.45, 7) is -0.0709. The molecule has 8 heteroatoms. The molecule has 0 aromatic carbocycles. The molecule has 4 N–H and O–H groups in total. The van der Waals surface area contributed by atoms with Crippen molar-refractivity contribution in [1.29, 1.82) is 0 Å². The molecule has 1 fully saturated rings. The Hall–Kier alpha value is -2.51. The van der Waals surface area contributed by atoms with Crippen LogP contribution in [0.3, 0.4) is 0 Å². The van der Waals surface area contributed by atoms with Crippen LogP contribution in [-0.2, 0) is 16.1 Å². The third-order valence-electron chi connectivity index (χ3n) is 4.16. The Morgan fingerprint density at radius 1 is 1.12 bits per heavy atom. The van der Waals surface area contributed by atoms with Gasteiger partial charge in [-0.3, -0.25) is 4.79 Å². The topological polar surface area (TPSA) is 121 Å². The van der Waals surface area contributed by atoms with Crippen LogP contribution in [0.25, 0.3) is 0 Å².